The third-order valence-electron chi connectivity index (χ3n) is 3.26. The van der Waals surface area contributed by atoms with Gasteiger partial charge in [0.25, 0.3) is 0 Å². The van der Waals surface area contributed by atoms with Gasteiger partial charge < -0.3 is 5.32 Å². The van der Waals surface area contributed by atoms with E-state index in [1.165, 1.54) is 34.8 Å². The van der Waals surface area contributed by atoms with Crippen molar-refractivity contribution in [2.24, 2.45) is 5.41 Å². The lowest BCUT2D eigenvalue weighted by molar-refractivity contribution is 0.300. The highest BCUT2D eigenvalue weighted by molar-refractivity contribution is 7.11. The SMILES string of the molecule is CC(C)NC(CC(C)(C)C)c1nc2c(s1)CCC2. The van der Waals surface area contributed by atoms with Crippen LogP contribution in [-0.2, 0) is 12.8 Å². The van der Waals surface area contributed by atoms with Crippen LogP contribution in [0.2, 0.25) is 0 Å². The van der Waals surface area contributed by atoms with Crippen molar-refractivity contribution in [2.75, 3.05) is 0 Å². The summed E-state index contributed by atoms with van der Waals surface area (Å²) in [6.45, 7) is 11.4. The van der Waals surface area contributed by atoms with Gasteiger partial charge in [-0.05, 0) is 31.1 Å². The van der Waals surface area contributed by atoms with Crippen LogP contribution in [0.4, 0.5) is 0 Å². The summed E-state index contributed by atoms with van der Waals surface area (Å²) in [6, 6.07) is 0.927. The number of hydrogen-bond donors (Lipinski definition) is 1. The Hall–Kier alpha value is -0.410. The van der Waals surface area contributed by atoms with Crippen LogP contribution in [0.1, 0.15) is 69.1 Å². The maximum absolute atomic E-state index is 4.88. The van der Waals surface area contributed by atoms with Gasteiger partial charge >= 0.3 is 0 Å². The van der Waals surface area contributed by atoms with E-state index in [4.69, 9.17) is 4.98 Å². The van der Waals surface area contributed by atoms with E-state index in [2.05, 4.69) is 39.9 Å². The molecule has 1 atom stereocenters. The fraction of sp³-hybridized carbons (Fsp3) is 0.800. The molecule has 1 heterocycles. The number of nitrogens with zero attached hydrogens (tertiary/aromatic N) is 1. The van der Waals surface area contributed by atoms with Crippen LogP contribution < -0.4 is 5.32 Å². The first-order chi connectivity index (χ1) is 8.35. The number of thiazole rings is 1. The summed E-state index contributed by atoms with van der Waals surface area (Å²) in [7, 11) is 0. The van der Waals surface area contributed by atoms with Crippen LogP contribution in [0.15, 0.2) is 0 Å². The molecule has 0 saturated heterocycles. The molecule has 1 aliphatic carbocycles. The molecule has 2 rings (SSSR count). The lowest BCUT2D eigenvalue weighted by Gasteiger charge is -2.27. The summed E-state index contributed by atoms with van der Waals surface area (Å²) >= 11 is 1.94. The van der Waals surface area contributed by atoms with Crippen molar-refractivity contribution in [2.45, 2.75) is 72.4 Å². The van der Waals surface area contributed by atoms with Gasteiger partial charge in [-0.25, -0.2) is 4.98 Å². The molecule has 0 amide bonds. The summed E-state index contributed by atoms with van der Waals surface area (Å²) in [5, 5.41) is 5.00. The van der Waals surface area contributed by atoms with Crippen LogP contribution in [-0.4, -0.2) is 11.0 Å². The Labute approximate surface area is 115 Å². The summed E-state index contributed by atoms with van der Waals surface area (Å²) in [5.74, 6) is 0. The maximum Gasteiger partial charge on any atom is 0.110 e. The minimum Gasteiger partial charge on any atom is -0.306 e. The van der Waals surface area contributed by atoms with Crippen molar-refractivity contribution >= 4 is 11.3 Å². The minimum absolute atomic E-state index is 0.336. The van der Waals surface area contributed by atoms with Crippen molar-refractivity contribution in [3.8, 4) is 0 Å². The van der Waals surface area contributed by atoms with Gasteiger partial charge in [-0.15, -0.1) is 11.3 Å². The third-order valence-corrected chi connectivity index (χ3v) is 4.53. The van der Waals surface area contributed by atoms with Gasteiger partial charge in [0.2, 0.25) is 0 Å². The Balaban J connectivity index is 2.16. The second-order valence-electron chi connectivity index (χ2n) is 6.91. The summed E-state index contributed by atoms with van der Waals surface area (Å²) < 4.78 is 0. The molecule has 0 bridgehead atoms. The molecular weight excluding hydrogens is 240 g/mol. The summed E-state index contributed by atoms with van der Waals surface area (Å²) in [5.41, 5.74) is 1.71. The summed E-state index contributed by atoms with van der Waals surface area (Å²) in [4.78, 5) is 6.42. The molecule has 102 valence electrons. The molecule has 18 heavy (non-hydrogen) atoms. The zero-order valence-electron chi connectivity index (χ0n) is 12.3. The molecule has 1 aromatic rings. The van der Waals surface area contributed by atoms with E-state index in [1.54, 1.807) is 0 Å². The van der Waals surface area contributed by atoms with Crippen LogP contribution in [0.25, 0.3) is 0 Å². The zero-order chi connectivity index (χ0) is 13.3. The maximum atomic E-state index is 4.88. The standard InChI is InChI=1S/C15H26N2S/c1-10(2)16-12(9-15(3,4)5)14-17-11-7-6-8-13(11)18-14/h10,12,16H,6-9H2,1-5H3. The molecule has 0 radical (unpaired) electrons. The lowest BCUT2D eigenvalue weighted by Crippen LogP contribution is -2.31. The van der Waals surface area contributed by atoms with Crippen molar-refractivity contribution in [3.05, 3.63) is 15.6 Å². The van der Waals surface area contributed by atoms with Crippen LogP contribution in [0, 0.1) is 5.41 Å². The monoisotopic (exact) mass is 266 g/mol. The molecule has 0 fully saturated rings. The normalized spacial score (nSPS) is 17.2. The molecule has 1 unspecified atom stereocenters. The van der Waals surface area contributed by atoms with Crippen molar-refractivity contribution < 1.29 is 0 Å². The number of fused-ring (bicyclic) bond motifs is 1. The van der Waals surface area contributed by atoms with Gasteiger partial charge in [0.15, 0.2) is 0 Å². The smallest absolute Gasteiger partial charge is 0.110 e. The minimum atomic E-state index is 0.336. The fourth-order valence-electron chi connectivity index (χ4n) is 2.59. The molecule has 0 aliphatic heterocycles. The first kappa shape index (κ1) is 14.0. The van der Waals surface area contributed by atoms with E-state index in [1.807, 2.05) is 11.3 Å². The highest BCUT2D eigenvalue weighted by atomic mass is 32.1. The Morgan fingerprint density at radius 3 is 2.56 bits per heavy atom. The Morgan fingerprint density at radius 1 is 1.28 bits per heavy atom. The van der Waals surface area contributed by atoms with Crippen molar-refractivity contribution in [1.82, 2.24) is 10.3 Å². The second-order valence-corrected chi connectivity index (χ2v) is 8.03. The van der Waals surface area contributed by atoms with Gasteiger partial charge in [0.1, 0.15) is 5.01 Å². The average molecular weight is 266 g/mol. The predicted octanol–water partition coefficient (Wildman–Crippen LogP) is 4.11. The van der Waals surface area contributed by atoms with E-state index < -0.39 is 0 Å². The number of hydrogen-bond acceptors (Lipinski definition) is 3. The third kappa shape index (κ3) is 3.55. The van der Waals surface area contributed by atoms with E-state index in [0.29, 0.717) is 17.5 Å². The van der Waals surface area contributed by atoms with Crippen LogP contribution in [0.5, 0.6) is 0 Å². The number of rotatable bonds is 4. The molecule has 3 heteroatoms. The van der Waals surface area contributed by atoms with Gasteiger partial charge in [0, 0.05) is 10.9 Å². The van der Waals surface area contributed by atoms with E-state index >= 15 is 0 Å². The van der Waals surface area contributed by atoms with E-state index in [-0.39, 0.29) is 0 Å². The first-order valence-electron chi connectivity index (χ1n) is 7.10. The topological polar surface area (TPSA) is 24.9 Å². The van der Waals surface area contributed by atoms with Gasteiger partial charge in [-0.2, -0.15) is 0 Å². The Kier molecular flexibility index (Phi) is 4.12. The number of aryl methyl sites for hydroxylation is 2. The van der Waals surface area contributed by atoms with Crippen LogP contribution >= 0.6 is 11.3 Å². The number of aromatic nitrogens is 1. The first-order valence-corrected chi connectivity index (χ1v) is 7.91. The van der Waals surface area contributed by atoms with Gasteiger partial charge in [-0.1, -0.05) is 34.6 Å². The van der Waals surface area contributed by atoms with Crippen molar-refractivity contribution in [1.29, 1.82) is 0 Å². The second kappa shape index (κ2) is 5.30. The highest BCUT2D eigenvalue weighted by Gasteiger charge is 2.26. The molecule has 0 spiro atoms. The summed E-state index contributed by atoms with van der Waals surface area (Å²) in [6.07, 6.45) is 4.89. The largest absolute Gasteiger partial charge is 0.306 e. The Bertz CT molecular complexity index is 380. The molecule has 1 aliphatic rings. The molecular formula is C15H26N2S. The van der Waals surface area contributed by atoms with E-state index in [9.17, 15) is 0 Å². The highest BCUT2D eigenvalue weighted by Crippen LogP contribution is 2.35. The van der Waals surface area contributed by atoms with Crippen LogP contribution in [0.3, 0.4) is 0 Å². The zero-order valence-corrected chi connectivity index (χ0v) is 13.2. The quantitative estimate of drug-likeness (QED) is 0.887. The average Bonchev–Trinajstić information content (AvgIpc) is 2.71. The lowest BCUT2D eigenvalue weighted by atomic mass is 9.88. The van der Waals surface area contributed by atoms with Gasteiger partial charge in [0.05, 0.1) is 11.7 Å². The fourth-order valence-corrected chi connectivity index (χ4v) is 3.81. The molecule has 1 aromatic heterocycles. The van der Waals surface area contributed by atoms with E-state index in [0.717, 1.165) is 6.42 Å². The van der Waals surface area contributed by atoms with Crippen molar-refractivity contribution in [3.63, 3.8) is 0 Å². The molecule has 2 nitrogen and oxygen atoms in total. The number of nitrogens with one attached hydrogen (secondary N) is 1. The molecule has 1 N–H and O–H groups in total. The predicted molar refractivity (Wildman–Crippen MR) is 79.2 cm³/mol. The Morgan fingerprint density at radius 2 is 2.00 bits per heavy atom. The molecule has 0 aromatic carbocycles. The van der Waals surface area contributed by atoms with Gasteiger partial charge in [-0.3, -0.25) is 0 Å². The molecule has 0 saturated carbocycles.